The molecule has 2 heterocycles. The molecule has 9 heteroatoms. The van der Waals surface area contributed by atoms with Gasteiger partial charge >= 0.3 is 5.97 Å². The third-order valence-electron chi connectivity index (χ3n) is 3.60. The summed E-state index contributed by atoms with van der Waals surface area (Å²) < 4.78 is 1.69. The van der Waals surface area contributed by atoms with Crippen molar-refractivity contribution in [3.63, 3.8) is 0 Å². The number of hydrogen-bond donors (Lipinski definition) is 2. The zero-order valence-electron chi connectivity index (χ0n) is 14.6. The van der Waals surface area contributed by atoms with Gasteiger partial charge in [0.25, 0.3) is 5.91 Å². The standard InChI is InChI=1S/C18H18N4O3S2/c1-22-9-13(8-19-22)18-21-15(11-27-18)17(25)20-14-4-2-3-12(7-14)10-26-6-5-16(23)24/h2-4,7-9,11H,5-6,10H2,1H3,(H,20,25)(H,23,24). The molecule has 1 amide bonds. The summed E-state index contributed by atoms with van der Waals surface area (Å²) in [6, 6.07) is 7.52. The summed E-state index contributed by atoms with van der Waals surface area (Å²) >= 11 is 2.95. The van der Waals surface area contributed by atoms with Crippen LogP contribution in [0.5, 0.6) is 0 Å². The molecule has 2 N–H and O–H groups in total. The van der Waals surface area contributed by atoms with E-state index in [1.54, 1.807) is 28.0 Å². The lowest BCUT2D eigenvalue weighted by molar-refractivity contribution is -0.136. The predicted octanol–water partition coefficient (Wildman–Crippen LogP) is 3.50. The Hall–Kier alpha value is -2.65. The van der Waals surface area contributed by atoms with Crippen molar-refractivity contribution in [1.29, 1.82) is 0 Å². The number of thioether (sulfide) groups is 1. The van der Waals surface area contributed by atoms with Gasteiger partial charge in [-0.25, -0.2) is 4.98 Å². The van der Waals surface area contributed by atoms with E-state index in [4.69, 9.17) is 5.11 Å². The van der Waals surface area contributed by atoms with Crippen LogP contribution in [0.25, 0.3) is 10.6 Å². The van der Waals surface area contributed by atoms with Crippen LogP contribution in [-0.2, 0) is 17.6 Å². The van der Waals surface area contributed by atoms with E-state index in [0.717, 1.165) is 16.1 Å². The summed E-state index contributed by atoms with van der Waals surface area (Å²) in [6.45, 7) is 0. The smallest absolute Gasteiger partial charge is 0.304 e. The van der Waals surface area contributed by atoms with Crippen molar-refractivity contribution in [1.82, 2.24) is 14.8 Å². The van der Waals surface area contributed by atoms with Crippen LogP contribution in [0.3, 0.4) is 0 Å². The van der Waals surface area contributed by atoms with Crippen LogP contribution in [0, 0.1) is 0 Å². The largest absolute Gasteiger partial charge is 0.481 e. The second-order valence-corrected chi connectivity index (χ2v) is 7.75. The summed E-state index contributed by atoms with van der Waals surface area (Å²) in [4.78, 5) is 27.4. The average Bonchev–Trinajstić information content (AvgIpc) is 3.28. The lowest BCUT2D eigenvalue weighted by Gasteiger charge is -2.06. The molecular formula is C18H18N4O3S2. The highest BCUT2D eigenvalue weighted by Gasteiger charge is 2.13. The monoisotopic (exact) mass is 402 g/mol. The Morgan fingerprint density at radius 2 is 2.22 bits per heavy atom. The molecular weight excluding hydrogens is 384 g/mol. The van der Waals surface area contributed by atoms with Crippen molar-refractivity contribution in [3.05, 3.63) is 53.3 Å². The van der Waals surface area contributed by atoms with Gasteiger partial charge in [-0.15, -0.1) is 11.3 Å². The first-order valence-electron chi connectivity index (χ1n) is 8.15. The van der Waals surface area contributed by atoms with Crippen LogP contribution in [-0.4, -0.2) is 37.5 Å². The van der Waals surface area contributed by atoms with E-state index in [2.05, 4.69) is 15.4 Å². The molecule has 0 aliphatic heterocycles. The van der Waals surface area contributed by atoms with Gasteiger partial charge in [0.05, 0.1) is 12.6 Å². The minimum absolute atomic E-state index is 0.143. The first kappa shape index (κ1) is 19.1. The Kier molecular flexibility index (Phi) is 6.25. The normalized spacial score (nSPS) is 10.7. The van der Waals surface area contributed by atoms with Crippen molar-refractivity contribution >= 4 is 40.7 Å². The van der Waals surface area contributed by atoms with Gasteiger partial charge in [0.2, 0.25) is 0 Å². The number of carboxylic acids is 1. The fourth-order valence-corrected chi connectivity index (χ4v) is 3.98. The first-order valence-corrected chi connectivity index (χ1v) is 10.2. The Morgan fingerprint density at radius 1 is 1.37 bits per heavy atom. The maximum atomic E-state index is 12.5. The summed E-state index contributed by atoms with van der Waals surface area (Å²) in [6.07, 6.45) is 3.71. The number of benzene rings is 1. The highest BCUT2D eigenvalue weighted by atomic mass is 32.2. The molecule has 1 aromatic carbocycles. The van der Waals surface area contributed by atoms with Crippen molar-refractivity contribution in [2.75, 3.05) is 11.1 Å². The fourth-order valence-electron chi connectivity index (χ4n) is 2.33. The van der Waals surface area contributed by atoms with Gasteiger partial charge in [-0.2, -0.15) is 16.9 Å². The van der Waals surface area contributed by atoms with Gasteiger partial charge < -0.3 is 10.4 Å². The number of carbonyl (C=O) groups excluding carboxylic acids is 1. The topological polar surface area (TPSA) is 97.1 Å². The highest BCUT2D eigenvalue weighted by molar-refractivity contribution is 7.98. The number of carboxylic acid groups (broad SMARTS) is 1. The lowest BCUT2D eigenvalue weighted by atomic mass is 10.2. The summed E-state index contributed by atoms with van der Waals surface area (Å²) in [5.74, 6) is 0.190. The predicted molar refractivity (Wildman–Crippen MR) is 107 cm³/mol. The van der Waals surface area contributed by atoms with E-state index in [1.807, 2.05) is 37.5 Å². The minimum atomic E-state index is -0.794. The van der Waals surface area contributed by atoms with E-state index in [-0.39, 0.29) is 12.3 Å². The second kappa shape index (κ2) is 8.83. The Morgan fingerprint density at radius 3 is 2.96 bits per heavy atom. The van der Waals surface area contributed by atoms with Gasteiger partial charge in [0.15, 0.2) is 0 Å². The van der Waals surface area contributed by atoms with E-state index in [0.29, 0.717) is 22.9 Å². The van der Waals surface area contributed by atoms with E-state index in [9.17, 15) is 9.59 Å². The van der Waals surface area contributed by atoms with E-state index >= 15 is 0 Å². The summed E-state index contributed by atoms with van der Waals surface area (Å²) in [7, 11) is 1.83. The molecule has 7 nitrogen and oxygen atoms in total. The van der Waals surface area contributed by atoms with Gasteiger partial charge in [-0.1, -0.05) is 12.1 Å². The van der Waals surface area contributed by atoms with Crippen LogP contribution in [0.4, 0.5) is 5.69 Å². The molecule has 0 bridgehead atoms. The van der Waals surface area contributed by atoms with E-state index < -0.39 is 5.97 Å². The minimum Gasteiger partial charge on any atom is -0.481 e. The Balaban J connectivity index is 1.60. The number of carbonyl (C=O) groups is 2. The second-order valence-electron chi connectivity index (χ2n) is 5.79. The van der Waals surface area contributed by atoms with Crippen LogP contribution in [0.15, 0.2) is 42.0 Å². The molecule has 3 aromatic rings. The fraction of sp³-hybridized carbons (Fsp3) is 0.222. The summed E-state index contributed by atoms with van der Waals surface area (Å²) in [5, 5.41) is 18.1. The third kappa shape index (κ3) is 5.41. The van der Waals surface area contributed by atoms with Gasteiger partial charge in [0.1, 0.15) is 10.7 Å². The maximum Gasteiger partial charge on any atom is 0.304 e. The molecule has 0 atom stereocenters. The number of nitrogens with one attached hydrogen (secondary N) is 1. The molecule has 0 unspecified atom stereocenters. The van der Waals surface area contributed by atoms with Crippen LogP contribution < -0.4 is 5.32 Å². The van der Waals surface area contributed by atoms with Gasteiger partial charge in [-0.3, -0.25) is 14.3 Å². The highest BCUT2D eigenvalue weighted by Crippen LogP contribution is 2.24. The molecule has 27 heavy (non-hydrogen) atoms. The molecule has 0 aliphatic rings. The lowest BCUT2D eigenvalue weighted by Crippen LogP contribution is -2.12. The van der Waals surface area contributed by atoms with Gasteiger partial charge in [-0.05, 0) is 17.7 Å². The number of thiazole rings is 1. The van der Waals surface area contributed by atoms with Gasteiger partial charge in [0, 0.05) is 41.4 Å². The number of rotatable bonds is 8. The quantitative estimate of drug-likeness (QED) is 0.560. The molecule has 0 spiro atoms. The first-order chi connectivity index (χ1) is 13.0. The molecule has 0 saturated heterocycles. The molecule has 0 saturated carbocycles. The molecule has 140 valence electrons. The zero-order valence-corrected chi connectivity index (χ0v) is 16.2. The van der Waals surface area contributed by atoms with Crippen LogP contribution in [0.2, 0.25) is 0 Å². The number of amides is 1. The molecule has 0 aliphatic carbocycles. The van der Waals surface area contributed by atoms with Crippen molar-refractivity contribution < 1.29 is 14.7 Å². The number of hydrogen-bond acceptors (Lipinski definition) is 6. The van der Waals surface area contributed by atoms with E-state index in [1.165, 1.54) is 11.3 Å². The Bertz CT molecular complexity index is 951. The molecule has 0 radical (unpaired) electrons. The number of anilines is 1. The zero-order chi connectivity index (χ0) is 19.2. The summed E-state index contributed by atoms with van der Waals surface area (Å²) in [5.41, 5.74) is 2.95. The average molecular weight is 403 g/mol. The van der Waals surface area contributed by atoms with Crippen LogP contribution in [0.1, 0.15) is 22.5 Å². The number of aryl methyl sites for hydroxylation is 1. The van der Waals surface area contributed by atoms with Crippen molar-refractivity contribution in [2.24, 2.45) is 7.05 Å². The SMILES string of the molecule is Cn1cc(-c2nc(C(=O)Nc3cccc(CSCCC(=O)O)c3)cs2)cn1. The molecule has 3 rings (SSSR count). The molecule has 0 fully saturated rings. The molecule has 2 aromatic heterocycles. The number of nitrogens with zero attached hydrogens (tertiary/aromatic N) is 3. The van der Waals surface area contributed by atoms with Crippen molar-refractivity contribution in [2.45, 2.75) is 12.2 Å². The third-order valence-corrected chi connectivity index (χ3v) is 5.52. The maximum absolute atomic E-state index is 12.5. The van der Waals surface area contributed by atoms with Crippen LogP contribution >= 0.6 is 23.1 Å². The van der Waals surface area contributed by atoms with Crippen molar-refractivity contribution in [3.8, 4) is 10.6 Å². The Labute approximate surface area is 164 Å². The number of aromatic nitrogens is 3. The number of aliphatic carboxylic acids is 1.